The van der Waals surface area contributed by atoms with E-state index in [1.54, 1.807) is 12.1 Å². The first-order valence-electron chi connectivity index (χ1n) is 5.05. The monoisotopic (exact) mass is 264 g/mol. The van der Waals surface area contributed by atoms with Crippen LogP contribution in [0.4, 0.5) is 4.39 Å². The Morgan fingerprint density at radius 2 is 1.88 bits per heavy atom. The summed E-state index contributed by atoms with van der Waals surface area (Å²) in [4.78, 5) is 0. The number of rotatable bonds is 6. The van der Waals surface area contributed by atoms with Gasteiger partial charge in [0.1, 0.15) is 5.82 Å². The summed E-state index contributed by atoms with van der Waals surface area (Å²) >= 11 is 5.46. The van der Waals surface area contributed by atoms with E-state index in [2.05, 4.69) is 0 Å². The molecule has 2 nitrogen and oxygen atoms in total. The lowest BCUT2D eigenvalue weighted by atomic mass is 10.2. The van der Waals surface area contributed by atoms with Crippen molar-refractivity contribution >= 4 is 21.4 Å². The van der Waals surface area contributed by atoms with Crippen LogP contribution in [0.5, 0.6) is 0 Å². The van der Waals surface area contributed by atoms with Gasteiger partial charge in [-0.1, -0.05) is 18.2 Å². The Balaban J connectivity index is 2.63. The van der Waals surface area contributed by atoms with Crippen LogP contribution in [0.1, 0.15) is 18.4 Å². The molecule has 0 aliphatic carbocycles. The summed E-state index contributed by atoms with van der Waals surface area (Å²) in [7, 11) is -3.23. The van der Waals surface area contributed by atoms with E-state index in [4.69, 9.17) is 11.6 Å². The van der Waals surface area contributed by atoms with E-state index >= 15 is 0 Å². The average Bonchev–Trinajstić information content (AvgIpc) is 2.21. The zero-order valence-electron chi connectivity index (χ0n) is 8.83. The highest BCUT2D eigenvalue weighted by atomic mass is 35.5. The predicted octanol–water partition coefficient (Wildman–Crippen LogP) is 2.76. The number of benzene rings is 1. The third kappa shape index (κ3) is 4.49. The van der Waals surface area contributed by atoms with Crippen LogP contribution >= 0.6 is 11.6 Å². The standard InChI is InChI=1S/C11H14ClFO2S/c12-7-3-4-8-16(14,15)9-10-5-1-2-6-11(10)13/h1-2,5-6H,3-4,7-9H2. The molecule has 5 heteroatoms. The van der Waals surface area contributed by atoms with E-state index in [1.807, 2.05) is 0 Å². The lowest BCUT2D eigenvalue weighted by molar-refractivity contribution is 0.584. The maximum Gasteiger partial charge on any atom is 0.154 e. The Kier molecular flexibility index (Phi) is 5.22. The second-order valence-corrected chi connectivity index (χ2v) is 6.14. The minimum atomic E-state index is -3.23. The fourth-order valence-electron chi connectivity index (χ4n) is 1.34. The van der Waals surface area contributed by atoms with Gasteiger partial charge < -0.3 is 0 Å². The highest BCUT2D eigenvalue weighted by molar-refractivity contribution is 7.90. The molecule has 0 saturated carbocycles. The number of unbranched alkanes of at least 4 members (excludes halogenated alkanes) is 1. The van der Waals surface area contributed by atoms with Crippen LogP contribution in [-0.2, 0) is 15.6 Å². The van der Waals surface area contributed by atoms with E-state index in [-0.39, 0.29) is 17.1 Å². The average molecular weight is 265 g/mol. The van der Waals surface area contributed by atoms with Gasteiger partial charge in [0, 0.05) is 11.4 Å². The quantitative estimate of drug-likeness (QED) is 0.585. The molecule has 0 unspecified atom stereocenters. The van der Waals surface area contributed by atoms with Crippen LogP contribution in [0.25, 0.3) is 0 Å². The van der Waals surface area contributed by atoms with Crippen molar-refractivity contribution in [2.24, 2.45) is 0 Å². The van der Waals surface area contributed by atoms with Gasteiger partial charge in [-0.25, -0.2) is 12.8 Å². The molecule has 1 aromatic carbocycles. The number of sulfone groups is 1. The summed E-state index contributed by atoms with van der Waals surface area (Å²) in [6.07, 6.45) is 1.19. The lowest BCUT2D eigenvalue weighted by Gasteiger charge is -2.04. The van der Waals surface area contributed by atoms with Crippen molar-refractivity contribution in [3.05, 3.63) is 35.6 Å². The molecule has 0 saturated heterocycles. The summed E-state index contributed by atoms with van der Waals surface area (Å²) in [5, 5.41) is 0. The van der Waals surface area contributed by atoms with E-state index in [0.717, 1.165) is 0 Å². The van der Waals surface area contributed by atoms with Crippen LogP contribution in [0.15, 0.2) is 24.3 Å². The van der Waals surface area contributed by atoms with Crippen molar-refractivity contribution in [2.45, 2.75) is 18.6 Å². The van der Waals surface area contributed by atoms with Gasteiger partial charge >= 0.3 is 0 Å². The molecule has 0 aromatic heterocycles. The lowest BCUT2D eigenvalue weighted by Crippen LogP contribution is -2.10. The SMILES string of the molecule is O=S(=O)(CCCCCl)Cc1ccccc1F. The first-order chi connectivity index (χ1) is 7.55. The molecule has 0 bridgehead atoms. The molecule has 0 spiro atoms. The number of hydrogen-bond donors (Lipinski definition) is 0. The fourth-order valence-corrected chi connectivity index (χ4v) is 3.03. The Labute approximate surface area is 100 Å². The van der Waals surface area contributed by atoms with Gasteiger partial charge in [-0.3, -0.25) is 0 Å². The van der Waals surface area contributed by atoms with E-state index in [9.17, 15) is 12.8 Å². The fraction of sp³-hybridized carbons (Fsp3) is 0.455. The minimum absolute atomic E-state index is 0.0635. The largest absolute Gasteiger partial charge is 0.228 e. The van der Waals surface area contributed by atoms with Crippen molar-refractivity contribution in [2.75, 3.05) is 11.6 Å². The summed E-state index contributed by atoms with van der Waals surface area (Å²) in [6.45, 7) is 0. The summed E-state index contributed by atoms with van der Waals surface area (Å²) in [6, 6.07) is 5.93. The number of halogens is 2. The Morgan fingerprint density at radius 1 is 1.19 bits per heavy atom. The molecule has 0 N–H and O–H groups in total. The zero-order chi connectivity index (χ0) is 12.0. The van der Waals surface area contributed by atoms with E-state index in [1.165, 1.54) is 12.1 Å². The van der Waals surface area contributed by atoms with Crippen molar-refractivity contribution in [1.82, 2.24) is 0 Å². The van der Waals surface area contributed by atoms with Crippen LogP contribution in [0.3, 0.4) is 0 Å². The van der Waals surface area contributed by atoms with Crippen molar-refractivity contribution in [3.63, 3.8) is 0 Å². The van der Waals surface area contributed by atoms with E-state index < -0.39 is 15.7 Å². The Hall–Kier alpha value is -0.610. The maximum atomic E-state index is 13.2. The van der Waals surface area contributed by atoms with Gasteiger partial charge in [0.05, 0.1) is 11.5 Å². The van der Waals surface area contributed by atoms with Gasteiger partial charge in [-0.2, -0.15) is 0 Å². The molecule has 0 fully saturated rings. The van der Waals surface area contributed by atoms with Crippen LogP contribution in [-0.4, -0.2) is 20.1 Å². The molecule has 0 atom stereocenters. The first kappa shape index (κ1) is 13.5. The smallest absolute Gasteiger partial charge is 0.154 e. The van der Waals surface area contributed by atoms with Crippen molar-refractivity contribution in [1.29, 1.82) is 0 Å². The van der Waals surface area contributed by atoms with E-state index in [0.29, 0.717) is 18.7 Å². The molecule has 1 aromatic rings. The van der Waals surface area contributed by atoms with Crippen molar-refractivity contribution in [3.8, 4) is 0 Å². The third-order valence-electron chi connectivity index (χ3n) is 2.17. The maximum absolute atomic E-state index is 13.2. The van der Waals surface area contributed by atoms with Gasteiger partial charge in [-0.05, 0) is 18.9 Å². The Bertz CT molecular complexity index is 431. The highest BCUT2D eigenvalue weighted by Crippen LogP contribution is 2.12. The molecule has 16 heavy (non-hydrogen) atoms. The van der Waals surface area contributed by atoms with Gasteiger partial charge in [0.25, 0.3) is 0 Å². The van der Waals surface area contributed by atoms with Crippen LogP contribution in [0.2, 0.25) is 0 Å². The molecular formula is C11H14ClFO2S. The van der Waals surface area contributed by atoms with Gasteiger partial charge in [-0.15, -0.1) is 11.6 Å². The molecule has 0 amide bonds. The zero-order valence-corrected chi connectivity index (χ0v) is 10.4. The highest BCUT2D eigenvalue weighted by Gasteiger charge is 2.13. The second kappa shape index (κ2) is 6.21. The first-order valence-corrected chi connectivity index (χ1v) is 7.40. The number of alkyl halides is 1. The van der Waals surface area contributed by atoms with Gasteiger partial charge in [0.15, 0.2) is 9.84 Å². The normalized spacial score (nSPS) is 11.6. The van der Waals surface area contributed by atoms with Crippen LogP contribution < -0.4 is 0 Å². The Morgan fingerprint density at radius 3 is 2.50 bits per heavy atom. The molecule has 0 aliphatic rings. The topological polar surface area (TPSA) is 34.1 Å². The summed E-state index contributed by atoms with van der Waals surface area (Å²) < 4.78 is 36.5. The predicted molar refractivity (Wildman–Crippen MR) is 63.8 cm³/mol. The summed E-state index contributed by atoms with van der Waals surface area (Å²) in [5.74, 6) is -0.186. The van der Waals surface area contributed by atoms with Gasteiger partial charge in [0.2, 0.25) is 0 Å². The minimum Gasteiger partial charge on any atom is -0.228 e. The third-order valence-corrected chi connectivity index (χ3v) is 4.10. The molecule has 1 rings (SSSR count). The van der Waals surface area contributed by atoms with Crippen molar-refractivity contribution < 1.29 is 12.8 Å². The molecule has 0 heterocycles. The molecule has 90 valence electrons. The molecular weight excluding hydrogens is 251 g/mol. The number of hydrogen-bond acceptors (Lipinski definition) is 2. The molecule has 0 radical (unpaired) electrons. The van der Waals surface area contributed by atoms with Crippen LogP contribution in [0, 0.1) is 5.82 Å². The molecule has 0 aliphatic heterocycles. The second-order valence-electron chi connectivity index (χ2n) is 3.58. The summed E-state index contributed by atoms with van der Waals surface area (Å²) in [5.41, 5.74) is 0.230.